The van der Waals surface area contributed by atoms with Crippen molar-refractivity contribution >= 4 is 0 Å². The first kappa shape index (κ1) is 13.5. The van der Waals surface area contributed by atoms with Crippen LogP contribution in [0.3, 0.4) is 0 Å². The Bertz CT molecular complexity index is 376. The molecular formula is C15H25N3. The van der Waals surface area contributed by atoms with Crippen molar-refractivity contribution in [1.29, 1.82) is 0 Å². The highest BCUT2D eigenvalue weighted by atomic mass is 15.2. The van der Waals surface area contributed by atoms with Crippen LogP contribution in [0.4, 0.5) is 0 Å². The molecule has 0 bridgehead atoms. The molecule has 0 spiro atoms. The molecule has 3 nitrogen and oxygen atoms in total. The maximum Gasteiger partial charge on any atom is 0.0452 e. The topological polar surface area (TPSA) is 18.5 Å². The molecule has 3 heteroatoms. The molecule has 1 heterocycles. The molecule has 1 aromatic rings. The van der Waals surface area contributed by atoms with Gasteiger partial charge in [0.2, 0.25) is 0 Å². The van der Waals surface area contributed by atoms with Gasteiger partial charge in [-0.3, -0.25) is 0 Å². The summed E-state index contributed by atoms with van der Waals surface area (Å²) >= 11 is 0. The average Bonchev–Trinajstić information content (AvgIpc) is 2.37. The van der Waals surface area contributed by atoms with Crippen LogP contribution in [0.15, 0.2) is 24.3 Å². The van der Waals surface area contributed by atoms with E-state index in [4.69, 9.17) is 0 Å². The van der Waals surface area contributed by atoms with Gasteiger partial charge in [0, 0.05) is 25.7 Å². The van der Waals surface area contributed by atoms with Gasteiger partial charge in [-0.1, -0.05) is 24.3 Å². The fourth-order valence-corrected chi connectivity index (χ4v) is 2.53. The molecule has 100 valence electrons. The Morgan fingerprint density at radius 1 is 1.17 bits per heavy atom. The second-order valence-corrected chi connectivity index (χ2v) is 5.52. The molecule has 1 aliphatic rings. The van der Waals surface area contributed by atoms with Crippen LogP contribution in [-0.2, 0) is 6.42 Å². The van der Waals surface area contributed by atoms with Gasteiger partial charge in [-0.15, -0.1) is 0 Å². The summed E-state index contributed by atoms with van der Waals surface area (Å²) in [7, 11) is 6.46. The zero-order valence-electron chi connectivity index (χ0n) is 11.8. The predicted molar refractivity (Wildman–Crippen MR) is 76.9 cm³/mol. The number of hydrogen-bond donors (Lipinski definition) is 1. The zero-order valence-corrected chi connectivity index (χ0v) is 11.8. The van der Waals surface area contributed by atoms with Crippen molar-refractivity contribution in [2.45, 2.75) is 12.5 Å². The Morgan fingerprint density at radius 3 is 2.72 bits per heavy atom. The second-order valence-electron chi connectivity index (χ2n) is 5.52. The van der Waals surface area contributed by atoms with Gasteiger partial charge in [0.15, 0.2) is 0 Å². The van der Waals surface area contributed by atoms with Gasteiger partial charge >= 0.3 is 0 Å². The van der Waals surface area contributed by atoms with E-state index in [2.05, 4.69) is 60.5 Å². The Kier molecular flexibility index (Phi) is 4.75. The summed E-state index contributed by atoms with van der Waals surface area (Å²) in [5.74, 6) is 0. The first-order valence-electron chi connectivity index (χ1n) is 6.81. The summed E-state index contributed by atoms with van der Waals surface area (Å²) in [5, 5.41) is 3.64. The third kappa shape index (κ3) is 3.55. The van der Waals surface area contributed by atoms with Crippen molar-refractivity contribution < 1.29 is 0 Å². The van der Waals surface area contributed by atoms with Crippen molar-refractivity contribution in [2.75, 3.05) is 47.3 Å². The largest absolute Gasteiger partial charge is 0.309 e. The normalized spacial score (nSPS) is 19.3. The van der Waals surface area contributed by atoms with Gasteiger partial charge in [-0.2, -0.15) is 0 Å². The number of nitrogens with one attached hydrogen (secondary N) is 1. The lowest BCUT2D eigenvalue weighted by molar-refractivity contribution is 0.253. The van der Waals surface area contributed by atoms with Gasteiger partial charge in [-0.05, 0) is 45.2 Å². The van der Waals surface area contributed by atoms with Crippen molar-refractivity contribution in [2.24, 2.45) is 0 Å². The standard InChI is InChI=1S/C15H25N3/c1-17(2)10-11-18(3)12-15-14-7-5-4-6-13(14)8-9-16-15/h4-7,15-16H,8-12H2,1-3H3. The molecule has 1 aliphatic heterocycles. The van der Waals surface area contributed by atoms with Gasteiger partial charge in [0.05, 0.1) is 0 Å². The lowest BCUT2D eigenvalue weighted by Gasteiger charge is -2.31. The molecule has 0 aromatic heterocycles. The number of hydrogen-bond acceptors (Lipinski definition) is 3. The second kappa shape index (κ2) is 6.32. The van der Waals surface area contributed by atoms with Crippen LogP contribution >= 0.6 is 0 Å². The van der Waals surface area contributed by atoms with Crippen LogP contribution < -0.4 is 5.32 Å². The van der Waals surface area contributed by atoms with E-state index in [9.17, 15) is 0 Å². The number of benzene rings is 1. The Morgan fingerprint density at radius 2 is 1.94 bits per heavy atom. The minimum absolute atomic E-state index is 0.488. The number of nitrogens with zero attached hydrogens (tertiary/aromatic N) is 2. The predicted octanol–water partition coefficient (Wildman–Crippen LogP) is 1.37. The van der Waals surface area contributed by atoms with Crippen LogP contribution in [0.25, 0.3) is 0 Å². The van der Waals surface area contributed by atoms with E-state index < -0.39 is 0 Å². The summed E-state index contributed by atoms with van der Waals surface area (Å²) in [6.45, 7) is 4.42. The van der Waals surface area contributed by atoms with E-state index in [1.165, 1.54) is 11.1 Å². The molecule has 0 fully saturated rings. The molecule has 0 saturated carbocycles. The van der Waals surface area contributed by atoms with Gasteiger partial charge in [-0.25, -0.2) is 0 Å². The molecule has 0 radical (unpaired) electrons. The first-order valence-corrected chi connectivity index (χ1v) is 6.81. The molecule has 18 heavy (non-hydrogen) atoms. The monoisotopic (exact) mass is 247 g/mol. The molecule has 0 aliphatic carbocycles. The molecule has 2 rings (SSSR count). The molecule has 1 aromatic carbocycles. The Labute approximate surface area is 111 Å². The Hall–Kier alpha value is -0.900. The van der Waals surface area contributed by atoms with Gasteiger partial charge < -0.3 is 15.1 Å². The zero-order chi connectivity index (χ0) is 13.0. The van der Waals surface area contributed by atoms with Crippen molar-refractivity contribution in [3.05, 3.63) is 35.4 Å². The van der Waals surface area contributed by atoms with E-state index in [0.717, 1.165) is 32.6 Å². The van der Waals surface area contributed by atoms with Crippen molar-refractivity contribution in [1.82, 2.24) is 15.1 Å². The minimum Gasteiger partial charge on any atom is -0.309 e. The van der Waals surface area contributed by atoms with Crippen LogP contribution in [0.1, 0.15) is 17.2 Å². The number of likely N-dealkylation sites (N-methyl/N-ethyl adjacent to an activating group) is 2. The van der Waals surface area contributed by atoms with E-state index in [0.29, 0.717) is 6.04 Å². The third-order valence-electron chi connectivity index (χ3n) is 3.64. The fraction of sp³-hybridized carbons (Fsp3) is 0.600. The molecule has 1 atom stereocenters. The van der Waals surface area contributed by atoms with Crippen molar-refractivity contribution in [3.63, 3.8) is 0 Å². The van der Waals surface area contributed by atoms with Crippen LogP contribution in [-0.4, -0.2) is 57.1 Å². The quantitative estimate of drug-likeness (QED) is 0.848. The van der Waals surface area contributed by atoms with Gasteiger partial charge in [0.25, 0.3) is 0 Å². The summed E-state index contributed by atoms with van der Waals surface area (Å²) in [6, 6.07) is 9.33. The lowest BCUT2D eigenvalue weighted by atomic mass is 9.94. The number of fused-ring (bicyclic) bond motifs is 1. The van der Waals surface area contributed by atoms with E-state index in [-0.39, 0.29) is 0 Å². The van der Waals surface area contributed by atoms with E-state index in [1.807, 2.05) is 0 Å². The molecule has 1 unspecified atom stereocenters. The van der Waals surface area contributed by atoms with E-state index >= 15 is 0 Å². The average molecular weight is 247 g/mol. The molecule has 0 saturated heterocycles. The summed E-state index contributed by atoms with van der Waals surface area (Å²) in [5.41, 5.74) is 3.00. The van der Waals surface area contributed by atoms with Crippen LogP contribution in [0.2, 0.25) is 0 Å². The SMILES string of the molecule is CN(C)CCN(C)CC1NCCc2ccccc21. The smallest absolute Gasteiger partial charge is 0.0452 e. The molecule has 1 N–H and O–H groups in total. The first-order chi connectivity index (χ1) is 8.66. The highest BCUT2D eigenvalue weighted by Gasteiger charge is 2.20. The van der Waals surface area contributed by atoms with Crippen LogP contribution in [0.5, 0.6) is 0 Å². The minimum atomic E-state index is 0.488. The van der Waals surface area contributed by atoms with Gasteiger partial charge in [0.1, 0.15) is 0 Å². The molecular weight excluding hydrogens is 222 g/mol. The summed E-state index contributed by atoms with van der Waals surface area (Å²) < 4.78 is 0. The fourth-order valence-electron chi connectivity index (χ4n) is 2.53. The maximum atomic E-state index is 3.64. The summed E-state index contributed by atoms with van der Waals surface area (Å²) in [6.07, 6.45) is 1.16. The highest BCUT2D eigenvalue weighted by Crippen LogP contribution is 2.22. The Balaban J connectivity index is 1.94. The van der Waals surface area contributed by atoms with Crippen molar-refractivity contribution in [3.8, 4) is 0 Å². The van der Waals surface area contributed by atoms with E-state index in [1.54, 1.807) is 0 Å². The lowest BCUT2D eigenvalue weighted by Crippen LogP contribution is -2.39. The molecule has 0 amide bonds. The highest BCUT2D eigenvalue weighted by molar-refractivity contribution is 5.32. The van der Waals surface area contributed by atoms with Crippen LogP contribution in [0, 0.1) is 0 Å². The third-order valence-corrected chi connectivity index (χ3v) is 3.64. The number of rotatable bonds is 5. The maximum absolute atomic E-state index is 3.64. The summed E-state index contributed by atoms with van der Waals surface area (Å²) in [4.78, 5) is 4.65.